The fraction of sp³-hybridized carbons (Fsp3) is 0.662. The number of allylic oxidation sites excluding steroid dienone is 4. The average molecular weight is 1010 g/mol. The minimum absolute atomic E-state index is 0.148. The molecule has 2 aromatic rings. The smallest absolute Gasteiger partial charge is 0.338 e. The van der Waals surface area contributed by atoms with Crippen molar-refractivity contribution in [2.45, 2.75) is 262 Å². The van der Waals surface area contributed by atoms with Crippen molar-refractivity contribution in [3.63, 3.8) is 0 Å². The summed E-state index contributed by atoms with van der Waals surface area (Å²) in [7, 11) is 0. The number of unbranched alkanes of at least 4 members (excludes halogenated alkanes) is 30. The molecule has 0 spiro atoms. The molecule has 2 atom stereocenters. The summed E-state index contributed by atoms with van der Waals surface area (Å²) in [5.41, 5.74) is 9.60. The molecule has 0 amide bonds. The fourth-order valence-corrected chi connectivity index (χ4v) is 14.8. The first-order valence-electron chi connectivity index (χ1n) is 29.6. The maximum Gasteiger partial charge on any atom is 0.338 e. The van der Waals surface area contributed by atoms with Crippen molar-refractivity contribution in [3.8, 4) is 0 Å². The van der Waals surface area contributed by atoms with Crippen molar-refractivity contribution in [1.82, 2.24) is 0 Å². The van der Waals surface area contributed by atoms with Crippen LogP contribution < -0.4 is 0 Å². The number of hydrogen-bond acceptors (Lipinski definition) is 6. The molecule has 0 saturated heterocycles. The molecule has 0 bridgehead atoms. The van der Waals surface area contributed by atoms with Crippen LogP contribution in [0, 0.1) is 0 Å². The van der Waals surface area contributed by atoms with Crippen LogP contribution in [-0.2, 0) is 9.47 Å². The highest BCUT2D eigenvalue weighted by molar-refractivity contribution is 8.14. The maximum absolute atomic E-state index is 13.0. The molecule has 4 aliphatic rings. The number of hydrogen-bond donors (Lipinski definition) is 0. The molecule has 0 unspecified atom stereocenters. The van der Waals surface area contributed by atoms with Gasteiger partial charge in [0, 0.05) is 9.81 Å². The van der Waals surface area contributed by atoms with Crippen LogP contribution in [0.5, 0.6) is 0 Å². The Morgan fingerprint density at radius 2 is 0.676 bits per heavy atom. The number of thioether (sulfide) groups is 2. The summed E-state index contributed by atoms with van der Waals surface area (Å²) in [5, 5.41) is 0. The van der Waals surface area contributed by atoms with Crippen LogP contribution in [0.3, 0.4) is 0 Å². The van der Waals surface area contributed by atoms with E-state index in [-0.39, 0.29) is 21.4 Å². The Labute approximate surface area is 442 Å². The Bertz CT molecular complexity index is 1900. The van der Waals surface area contributed by atoms with E-state index in [1.54, 1.807) is 0 Å². The Morgan fingerprint density at radius 3 is 0.958 bits per heavy atom. The van der Waals surface area contributed by atoms with Crippen molar-refractivity contribution in [1.29, 1.82) is 0 Å². The van der Waals surface area contributed by atoms with Gasteiger partial charge in [-0.25, -0.2) is 9.59 Å². The van der Waals surface area contributed by atoms with Gasteiger partial charge in [0.05, 0.1) is 33.8 Å². The van der Waals surface area contributed by atoms with Crippen LogP contribution in [0.2, 0.25) is 0 Å². The van der Waals surface area contributed by atoms with Gasteiger partial charge in [-0.05, 0) is 116 Å². The second kappa shape index (κ2) is 31.7. The zero-order chi connectivity index (χ0) is 50.0. The van der Waals surface area contributed by atoms with Crippen LogP contribution in [0.1, 0.15) is 284 Å². The molecule has 6 rings (SSSR count). The molecule has 2 aliphatic carbocycles. The lowest BCUT2D eigenvalue weighted by atomic mass is 9.72. The van der Waals surface area contributed by atoms with Gasteiger partial charge < -0.3 is 9.47 Å². The van der Waals surface area contributed by atoms with E-state index < -0.39 is 0 Å². The standard InChI is InChI=1S/C65H96O4S2/c1-5-7-9-11-13-15-17-19-21-23-25-27-29-31-33-35-48-68-62(66)54-44-40-52(41-45-54)60-50-58-56-38-37-39-57(56)59-51-61(71-65(59,4)64(58,3)70-60)53-42-46-55(47-43-53)63(67)69-49-36-34-32-30-28-26-24-22-20-18-16-14-12-10-8-6-2/h40-47,50-51H,5-39,48-49H2,1-4H3/t64-,65-/m0/s1. The summed E-state index contributed by atoms with van der Waals surface area (Å²) < 4.78 is 11.2. The third-order valence-corrected chi connectivity index (χ3v) is 19.6. The molecule has 2 aliphatic heterocycles. The maximum atomic E-state index is 13.0. The van der Waals surface area contributed by atoms with Gasteiger partial charge in [-0.15, -0.1) is 23.5 Å². The van der Waals surface area contributed by atoms with Gasteiger partial charge in [0.25, 0.3) is 0 Å². The van der Waals surface area contributed by atoms with Crippen LogP contribution in [0.15, 0.2) is 83.0 Å². The summed E-state index contributed by atoms with van der Waals surface area (Å²) >= 11 is 3.97. The monoisotopic (exact) mass is 1000 g/mol. The number of ether oxygens (including phenoxy) is 2. The molecule has 2 heterocycles. The molecule has 71 heavy (non-hydrogen) atoms. The number of carbonyl (C=O) groups excluding carboxylic acids is 2. The van der Waals surface area contributed by atoms with Crippen LogP contribution >= 0.6 is 23.5 Å². The predicted octanol–water partition coefficient (Wildman–Crippen LogP) is 20.7. The van der Waals surface area contributed by atoms with E-state index in [0.29, 0.717) is 24.3 Å². The van der Waals surface area contributed by atoms with Crippen molar-refractivity contribution in [2.24, 2.45) is 0 Å². The minimum atomic E-state index is -0.218. The Hall–Kier alpha value is -2.96. The molecule has 0 aromatic heterocycles. The van der Waals surface area contributed by atoms with Gasteiger partial charge in [0.15, 0.2) is 0 Å². The van der Waals surface area contributed by atoms with E-state index in [1.807, 2.05) is 47.8 Å². The number of esters is 2. The first-order valence-corrected chi connectivity index (χ1v) is 31.3. The van der Waals surface area contributed by atoms with Crippen LogP contribution in [0.25, 0.3) is 9.81 Å². The average Bonchev–Trinajstić information content (AvgIpc) is 4.12. The quantitative estimate of drug-likeness (QED) is 0.0494. The van der Waals surface area contributed by atoms with Crippen molar-refractivity contribution >= 4 is 45.3 Å². The molecule has 2 aromatic carbocycles. The van der Waals surface area contributed by atoms with Gasteiger partial charge in [-0.1, -0.05) is 231 Å². The third-order valence-electron chi connectivity index (χ3n) is 16.3. The van der Waals surface area contributed by atoms with Crippen molar-refractivity contribution in [2.75, 3.05) is 13.2 Å². The summed E-state index contributed by atoms with van der Waals surface area (Å²) in [4.78, 5) is 28.6. The molecular formula is C65H96O4S2. The number of benzene rings is 2. The van der Waals surface area contributed by atoms with Gasteiger partial charge >= 0.3 is 11.9 Å². The van der Waals surface area contributed by atoms with Gasteiger partial charge in [-0.2, -0.15) is 0 Å². The second-order valence-electron chi connectivity index (χ2n) is 22.0. The largest absolute Gasteiger partial charge is 0.462 e. The highest BCUT2D eigenvalue weighted by atomic mass is 32.2. The van der Waals surface area contributed by atoms with E-state index in [0.717, 1.165) is 49.7 Å². The molecule has 6 heteroatoms. The number of carbonyl (C=O) groups is 2. The van der Waals surface area contributed by atoms with E-state index in [1.165, 1.54) is 218 Å². The molecular weight excluding hydrogens is 909 g/mol. The van der Waals surface area contributed by atoms with E-state index >= 15 is 0 Å². The lowest BCUT2D eigenvalue weighted by Gasteiger charge is -2.47. The summed E-state index contributed by atoms with van der Waals surface area (Å²) in [6.07, 6.45) is 51.0. The molecule has 0 radical (unpaired) electrons. The minimum Gasteiger partial charge on any atom is -0.462 e. The zero-order valence-corrected chi connectivity index (χ0v) is 47.0. The predicted molar refractivity (Wildman–Crippen MR) is 308 cm³/mol. The molecule has 0 N–H and O–H groups in total. The highest BCUT2D eigenvalue weighted by Crippen LogP contribution is 2.70. The Balaban J connectivity index is 0.870. The molecule has 392 valence electrons. The van der Waals surface area contributed by atoms with Crippen molar-refractivity contribution < 1.29 is 19.1 Å². The van der Waals surface area contributed by atoms with E-state index in [4.69, 9.17) is 9.47 Å². The lowest BCUT2D eigenvalue weighted by Crippen LogP contribution is -2.47. The molecule has 1 fully saturated rings. The van der Waals surface area contributed by atoms with Crippen LogP contribution in [-0.4, -0.2) is 34.6 Å². The first-order chi connectivity index (χ1) is 34.8. The van der Waals surface area contributed by atoms with E-state index in [2.05, 4.69) is 64.1 Å². The normalized spacial score (nSPS) is 19.2. The van der Waals surface area contributed by atoms with Crippen molar-refractivity contribution in [3.05, 3.63) is 105 Å². The van der Waals surface area contributed by atoms with E-state index in [9.17, 15) is 9.59 Å². The molecule has 4 nitrogen and oxygen atoms in total. The second-order valence-corrected chi connectivity index (χ2v) is 24.9. The zero-order valence-electron chi connectivity index (χ0n) is 45.4. The summed E-state index contributed by atoms with van der Waals surface area (Å²) in [5.74, 6) is -0.436. The van der Waals surface area contributed by atoms with Gasteiger partial charge in [0.1, 0.15) is 0 Å². The van der Waals surface area contributed by atoms with Gasteiger partial charge in [0.2, 0.25) is 0 Å². The third kappa shape index (κ3) is 17.3. The number of fused-ring (bicyclic) bond motifs is 4. The number of rotatable bonds is 38. The van der Waals surface area contributed by atoms with Gasteiger partial charge in [-0.3, -0.25) is 0 Å². The summed E-state index contributed by atoms with van der Waals surface area (Å²) in [6.45, 7) is 10.5. The fourth-order valence-electron chi connectivity index (χ4n) is 11.6. The highest BCUT2D eigenvalue weighted by Gasteiger charge is 2.59. The Morgan fingerprint density at radius 1 is 0.408 bits per heavy atom. The summed E-state index contributed by atoms with van der Waals surface area (Å²) in [6, 6.07) is 16.3. The SMILES string of the molecule is CCCCCCCCCCCCCCCCCCOC(=O)c1ccc(C2=CC3=C4CCCC4=C4C=C(c5ccc(C(=O)OCCCCCCCCCCCCCCCCCC)cc5)S[C@]4(C)[C@@]3(C)S2)cc1. The molecule has 1 saturated carbocycles. The lowest BCUT2D eigenvalue weighted by molar-refractivity contribution is 0.0488. The first kappa shape index (κ1) is 57.3. The Kier molecular flexibility index (Phi) is 25.6. The van der Waals surface area contributed by atoms with Crippen LogP contribution in [0.4, 0.5) is 0 Å². The topological polar surface area (TPSA) is 52.6 Å².